The van der Waals surface area contributed by atoms with Crippen molar-refractivity contribution in [2.45, 2.75) is 39.8 Å². The number of amides is 2. The number of rotatable bonds is 10. The van der Waals surface area contributed by atoms with E-state index < -0.39 is 5.97 Å². The molecule has 21 heavy (non-hydrogen) atoms. The molecule has 0 saturated carbocycles. The van der Waals surface area contributed by atoms with Gasteiger partial charge in [0.05, 0.1) is 6.61 Å². The normalized spacial score (nSPS) is 11.2. The predicted molar refractivity (Wildman–Crippen MR) is 81.5 cm³/mol. The van der Waals surface area contributed by atoms with Crippen molar-refractivity contribution in [2.75, 3.05) is 39.9 Å². The van der Waals surface area contributed by atoms with Crippen LogP contribution in [0, 0.1) is 0 Å². The Bertz CT molecular complexity index is 313. The number of aliphatic carboxylic acids is 1. The van der Waals surface area contributed by atoms with Crippen LogP contribution in [0.1, 0.15) is 27.7 Å². The highest BCUT2D eigenvalue weighted by Gasteiger charge is 2.17. The molecule has 0 bridgehead atoms. The molecular weight excluding hydrogens is 274 g/mol. The molecular formula is C14H29N3O4. The van der Waals surface area contributed by atoms with Crippen LogP contribution in [-0.2, 0) is 9.53 Å². The van der Waals surface area contributed by atoms with Gasteiger partial charge in [-0.2, -0.15) is 0 Å². The van der Waals surface area contributed by atoms with Gasteiger partial charge >= 0.3 is 12.0 Å². The van der Waals surface area contributed by atoms with E-state index in [4.69, 9.17) is 9.84 Å². The van der Waals surface area contributed by atoms with Gasteiger partial charge in [0.15, 0.2) is 0 Å². The number of methoxy groups -OCH3 is 1. The topological polar surface area (TPSA) is 82.1 Å². The molecule has 7 nitrogen and oxygen atoms in total. The molecule has 0 saturated heterocycles. The van der Waals surface area contributed by atoms with Crippen molar-refractivity contribution in [2.24, 2.45) is 0 Å². The average Bonchev–Trinajstić information content (AvgIpc) is 2.37. The van der Waals surface area contributed by atoms with Gasteiger partial charge in [-0.3, -0.25) is 9.69 Å². The van der Waals surface area contributed by atoms with Gasteiger partial charge in [-0.15, -0.1) is 0 Å². The molecule has 0 atom stereocenters. The summed E-state index contributed by atoms with van der Waals surface area (Å²) in [4.78, 5) is 26.2. The third-order valence-corrected chi connectivity index (χ3v) is 3.15. The van der Waals surface area contributed by atoms with Crippen molar-refractivity contribution in [3.05, 3.63) is 0 Å². The Morgan fingerprint density at radius 1 is 1.14 bits per heavy atom. The molecule has 7 heteroatoms. The second-order valence-electron chi connectivity index (χ2n) is 5.47. The maximum absolute atomic E-state index is 12.0. The molecule has 0 aromatic heterocycles. The Balaban J connectivity index is 4.31. The van der Waals surface area contributed by atoms with Crippen molar-refractivity contribution in [1.82, 2.24) is 15.1 Å². The van der Waals surface area contributed by atoms with Crippen LogP contribution in [0.2, 0.25) is 0 Å². The fourth-order valence-electron chi connectivity index (χ4n) is 2.13. The second-order valence-corrected chi connectivity index (χ2v) is 5.47. The average molecular weight is 303 g/mol. The van der Waals surface area contributed by atoms with Crippen molar-refractivity contribution in [1.29, 1.82) is 0 Å². The van der Waals surface area contributed by atoms with Gasteiger partial charge in [0, 0.05) is 38.8 Å². The fourth-order valence-corrected chi connectivity index (χ4v) is 2.13. The maximum atomic E-state index is 12.0. The van der Waals surface area contributed by atoms with E-state index in [2.05, 4.69) is 37.9 Å². The first-order chi connectivity index (χ1) is 9.79. The minimum Gasteiger partial charge on any atom is -0.480 e. The van der Waals surface area contributed by atoms with Gasteiger partial charge in [-0.05, 0) is 27.7 Å². The Morgan fingerprint density at radius 2 is 1.71 bits per heavy atom. The summed E-state index contributed by atoms with van der Waals surface area (Å²) in [5, 5.41) is 11.6. The number of nitrogens with zero attached hydrogens (tertiary/aromatic N) is 2. The largest absolute Gasteiger partial charge is 0.480 e. The summed E-state index contributed by atoms with van der Waals surface area (Å²) >= 11 is 0. The number of carbonyl (C=O) groups excluding carboxylic acids is 1. The zero-order chi connectivity index (χ0) is 16.4. The smallest absolute Gasteiger partial charge is 0.323 e. The second kappa shape index (κ2) is 10.4. The summed E-state index contributed by atoms with van der Waals surface area (Å²) < 4.78 is 4.89. The van der Waals surface area contributed by atoms with Crippen LogP contribution in [0.25, 0.3) is 0 Å². The molecule has 0 spiro atoms. The van der Waals surface area contributed by atoms with Crippen LogP contribution in [-0.4, -0.2) is 78.9 Å². The van der Waals surface area contributed by atoms with Crippen molar-refractivity contribution in [3.63, 3.8) is 0 Å². The number of carboxylic acids is 1. The molecule has 0 aromatic carbocycles. The van der Waals surface area contributed by atoms with Crippen molar-refractivity contribution in [3.8, 4) is 0 Å². The highest BCUT2D eigenvalue weighted by atomic mass is 16.5. The number of hydrogen-bond acceptors (Lipinski definition) is 4. The quantitative estimate of drug-likeness (QED) is 0.625. The van der Waals surface area contributed by atoms with Gasteiger partial charge in [-0.1, -0.05) is 0 Å². The molecule has 0 rings (SSSR count). The minimum atomic E-state index is -1.03. The highest BCUT2D eigenvalue weighted by molar-refractivity contribution is 5.80. The van der Waals surface area contributed by atoms with Crippen molar-refractivity contribution >= 4 is 12.0 Å². The van der Waals surface area contributed by atoms with Gasteiger partial charge < -0.3 is 20.1 Å². The summed E-state index contributed by atoms with van der Waals surface area (Å²) in [5.74, 6) is -1.03. The van der Waals surface area contributed by atoms with Crippen LogP contribution in [0.4, 0.5) is 4.79 Å². The molecule has 0 aliphatic carbocycles. The first-order valence-corrected chi connectivity index (χ1v) is 7.28. The number of ether oxygens (including phenoxy) is 1. The lowest BCUT2D eigenvalue weighted by Gasteiger charge is -2.31. The lowest BCUT2D eigenvalue weighted by molar-refractivity contribution is -0.137. The summed E-state index contributed by atoms with van der Waals surface area (Å²) in [6, 6.07) is 0.415. The maximum Gasteiger partial charge on any atom is 0.323 e. The van der Waals surface area contributed by atoms with Crippen LogP contribution in [0.5, 0.6) is 0 Å². The third kappa shape index (κ3) is 8.52. The van der Waals surface area contributed by atoms with Crippen LogP contribution < -0.4 is 5.32 Å². The van der Waals surface area contributed by atoms with Gasteiger partial charge in [0.2, 0.25) is 0 Å². The molecule has 0 aliphatic heterocycles. The van der Waals surface area contributed by atoms with E-state index in [-0.39, 0.29) is 19.1 Å². The molecule has 0 fully saturated rings. The number of urea groups is 1. The number of hydrogen-bond donors (Lipinski definition) is 2. The van der Waals surface area contributed by atoms with Gasteiger partial charge in [0.25, 0.3) is 0 Å². The molecule has 2 N–H and O–H groups in total. The highest BCUT2D eigenvalue weighted by Crippen LogP contribution is 2.03. The number of nitrogens with one attached hydrogen (secondary N) is 1. The summed E-state index contributed by atoms with van der Waals surface area (Å²) in [6.45, 7) is 9.89. The SMILES string of the molecule is COCCN(CC(=O)O)C(=O)NCCN(C(C)C)C(C)C. The van der Waals surface area contributed by atoms with Crippen molar-refractivity contribution < 1.29 is 19.4 Å². The first-order valence-electron chi connectivity index (χ1n) is 7.28. The molecule has 2 amide bonds. The first kappa shape index (κ1) is 19.7. The monoisotopic (exact) mass is 303 g/mol. The van der Waals surface area contributed by atoms with E-state index >= 15 is 0 Å². The van der Waals surface area contributed by atoms with Crippen LogP contribution in [0.15, 0.2) is 0 Å². The van der Waals surface area contributed by atoms with Crippen LogP contribution in [0.3, 0.4) is 0 Å². The Morgan fingerprint density at radius 3 is 2.14 bits per heavy atom. The number of carboxylic acid groups (broad SMARTS) is 1. The van der Waals surface area contributed by atoms with Gasteiger partial charge in [-0.25, -0.2) is 4.79 Å². The fraction of sp³-hybridized carbons (Fsp3) is 0.857. The molecule has 0 aromatic rings. The summed E-state index contributed by atoms with van der Waals surface area (Å²) in [6.07, 6.45) is 0. The third-order valence-electron chi connectivity index (χ3n) is 3.15. The predicted octanol–water partition coefficient (Wildman–Crippen LogP) is 0.848. The molecule has 124 valence electrons. The Hall–Kier alpha value is -1.34. The zero-order valence-corrected chi connectivity index (χ0v) is 13.8. The molecule has 0 heterocycles. The van der Waals surface area contributed by atoms with E-state index in [0.29, 0.717) is 25.2 Å². The molecule has 0 unspecified atom stereocenters. The van der Waals surface area contributed by atoms with E-state index in [1.54, 1.807) is 0 Å². The van der Waals surface area contributed by atoms with E-state index in [1.807, 2.05) is 0 Å². The minimum absolute atomic E-state index is 0.257. The lowest BCUT2D eigenvalue weighted by atomic mass is 10.2. The van der Waals surface area contributed by atoms with Gasteiger partial charge in [0.1, 0.15) is 6.54 Å². The Labute approximate surface area is 127 Å². The standard InChI is InChI=1S/C14H29N3O4/c1-11(2)17(12(3)4)7-6-15-14(20)16(8-9-21-5)10-13(18)19/h11-12H,6-10H2,1-5H3,(H,15,20)(H,18,19). The molecule has 0 radical (unpaired) electrons. The van der Waals surface area contributed by atoms with E-state index in [1.165, 1.54) is 12.0 Å². The van der Waals surface area contributed by atoms with E-state index in [9.17, 15) is 9.59 Å². The van der Waals surface area contributed by atoms with Crippen LogP contribution >= 0.6 is 0 Å². The lowest BCUT2D eigenvalue weighted by Crippen LogP contribution is -2.48. The summed E-state index contributed by atoms with van der Waals surface area (Å²) in [7, 11) is 1.51. The molecule has 0 aliphatic rings. The zero-order valence-electron chi connectivity index (χ0n) is 13.8. The summed E-state index contributed by atoms with van der Waals surface area (Å²) in [5.41, 5.74) is 0. The van der Waals surface area contributed by atoms with E-state index in [0.717, 1.165) is 6.54 Å². The number of carbonyl (C=O) groups is 2. The Kier molecular flexibility index (Phi) is 9.73.